The summed E-state index contributed by atoms with van der Waals surface area (Å²) in [7, 11) is 0. The molecule has 1 aliphatic heterocycles. The number of nitrogens with zero attached hydrogens (tertiary/aromatic N) is 3. The Morgan fingerprint density at radius 3 is 2.55 bits per heavy atom. The molecule has 0 spiro atoms. The Bertz CT molecular complexity index is 763. The summed E-state index contributed by atoms with van der Waals surface area (Å²) in [4.78, 5) is 18.7. The molecule has 22 heavy (non-hydrogen) atoms. The zero-order chi connectivity index (χ0) is 15.9. The molecule has 0 N–H and O–H groups in total. The van der Waals surface area contributed by atoms with Gasteiger partial charge >= 0.3 is 0 Å². The van der Waals surface area contributed by atoms with Crippen LogP contribution in [0.4, 0.5) is 0 Å². The van der Waals surface area contributed by atoms with Crippen LogP contribution in [0.25, 0.3) is 11.3 Å². The zero-order valence-electron chi connectivity index (χ0n) is 12.1. The zero-order valence-corrected chi connectivity index (χ0v) is 13.6. The van der Waals surface area contributed by atoms with E-state index in [0.717, 1.165) is 0 Å². The van der Waals surface area contributed by atoms with Gasteiger partial charge in [0.2, 0.25) is 0 Å². The van der Waals surface area contributed by atoms with Crippen LogP contribution in [0.15, 0.2) is 27.7 Å². The summed E-state index contributed by atoms with van der Waals surface area (Å²) in [5.74, 6) is 0.904. The van der Waals surface area contributed by atoms with E-state index >= 15 is 0 Å². The van der Waals surface area contributed by atoms with Gasteiger partial charge in [0.15, 0.2) is 0 Å². The lowest BCUT2D eigenvalue weighted by Crippen LogP contribution is -2.33. The van der Waals surface area contributed by atoms with E-state index in [1.807, 2.05) is 0 Å². The quantitative estimate of drug-likeness (QED) is 0.836. The van der Waals surface area contributed by atoms with E-state index in [9.17, 15) is 4.79 Å². The van der Waals surface area contributed by atoms with E-state index in [0.29, 0.717) is 51.6 Å². The van der Waals surface area contributed by atoms with Crippen molar-refractivity contribution in [3.05, 3.63) is 39.6 Å². The third-order valence-corrected chi connectivity index (χ3v) is 4.21. The lowest BCUT2D eigenvalue weighted by molar-refractivity contribution is 0.0856. The summed E-state index contributed by atoms with van der Waals surface area (Å²) < 4.78 is 5.22. The van der Waals surface area contributed by atoms with Crippen LogP contribution in [-0.2, 0) is 0 Å². The van der Waals surface area contributed by atoms with Gasteiger partial charge in [0, 0.05) is 12.1 Å². The van der Waals surface area contributed by atoms with Crippen molar-refractivity contribution in [1.29, 1.82) is 0 Å². The highest BCUT2D eigenvalue weighted by Gasteiger charge is 2.30. The van der Waals surface area contributed by atoms with Gasteiger partial charge in [0.1, 0.15) is 22.9 Å². The van der Waals surface area contributed by atoms with E-state index in [2.05, 4.69) is 10.1 Å². The molecular formula is C15H13Cl2N3O2. The van der Waals surface area contributed by atoms with Crippen molar-refractivity contribution >= 4 is 34.9 Å². The first-order valence-electron chi connectivity index (χ1n) is 6.74. The molecule has 0 saturated heterocycles. The minimum atomic E-state index is -0.205. The normalized spacial score (nSPS) is 14.4. The van der Waals surface area contributed by atoms with E-state index in [1.54, 1.807) is 36.9 Å². The van der Waals surface area contributed by atoms with Gasteiger partial charge in [-0.3, -0.25) is 14.7 Å². The molecule has 1 aliphatic rings. The summed E-state index contributed by atoms with van der Waals surface area (Å²) in [6, 6.07) is 5.13. The Kier molecular flexibility index (Phi) is 3.93. The lowest BCUT2D eigenvalue weighted by atomic mass is 10.0. The topological polar surface area (TPSA) is 58.7 Å². The number of amidine groups is 1. The molecule has 2 aromatic rings. The largest absolute Gasteiger partial charge is 0.360 e. The fourth-order valence-electron chi connectivity index (χ4n) is 2.46. The molecule has 5 nitrogen and oxygen atoms in total. The number of aryl methyl sites for hydroxylation is 1. The molecular weight excluding hydrogens is 325 g/mol. The second-order valence-corrected chi connectivity index (χ2v) is 5.76. The molecule has 0 fully saturated rings. The summed E-state index contributed by atoms with van der Waals surface area (Å²) >= 11 is 12.4. The number of aliphatic imine (C=N–C) groups is 1. The number of carbonyl (C=O) groups is 1. The minimum absolute atomic E-state index is 0.205. The molecule has 2 heterocycles. The Morgan fingerprint density at radius 1 is 1.27 bits per heavy atom. The van der Waals surface area contributed by atoms with E-state index in [-0.39, 0.29) is 5.91 Å². The van der Waals surface area contributed by atoms with Crippen LogP contribution in [-0.4, -0.2) is 34.9 Å². The molecule has 0 radical (unpaired) electrons. The Balaban J connectivity index is 2.13. The second-order valence-electron chi connectivity index (χ2n) is 4.94. The van der Waals surface area contributed by atoms with Crippen LogP contribution < -0.4 is 0 Å². The molecule has 114 valence electrons. The van der Waals surface area contributed by atoms with Crippen molar-refractivity contribution in [1.82, 2.24) is 10.1 Å². The van der Waals surface area contributed by atoms with Gasteiger partial charge in [-0.05, 0) is 26.0 Å². The lowest BCUT2D eigenvalue weighted by Gasteiger charge is -2.16. The second kappa shape index (κ2) is 5.74. The van der Waals surface area contributed by atoms with Crippen LogP contribution in [0.3, 0.4) is 0 Å². The van der Waals surface area contributed by atoms with Gasteiger partial charge in [-0.1, -0.05) is 34.4 Å². The van der Waals surface area contributed by atoms with E-state index in [1.165, 1.54) is 0 Å². The molecule has 0 saturated carbocycles. The molecule has 0 unspecified atom stereocenters. The number of carbonyl (C=O) groups excluding carboxylic acids is 1. The van der Waals surface area contributed by atoms with Crippen LogP contribution in [0.5, 0.6) is 0 Å². The van der Waals surface area contributed by atoms with Crippen molar-refractivity contribution in [2.45, 2.75) is 13.8 Å². The number of amides is 1. The van der Waals surface area contributed by atoms with Gasteiger partial charge in [-0.2, -0.15) is 0 Å². The monoisotopic (exact) mass is 337 g/mol. The standard InChI is InChI=1S/C15H13Cl2N3O2/c1-8-12(15(21)20-7-6-18-9(20)2)14(19-22-8)13-10(16)4-3-5-11(13)17/h3-5H,6-7H2,1-2H3. The number of benzene rings is 1. The van der Waals surface area contributed by atoms with Crippen molar-refractivity contribution in [2.75, 3.05) is 13.1 Å². The first-order chi connectivity index (χ1) is 10.5. The molecule has 0 bridgehead atoms. The van der Waals surface area contributed by atoms with E-state index in [4.69, 9.17) is 27.7 Å². The highest BCUT2D eigenvalue weighted by Crippen LogP contribution is 2.37. The molecule has 1 aromatic heterocycles. The molecule has 0 atom stereocenters. The number of rotatable bonds is 2. The Hall–Kier alpha value is -1.85. The maximum atomic E-state index is 12.8. The SMILES string of the molecule is CC1=NCCN1C(=O)c1c(-c2c(Cl)cccc2Cl)noc1C. The minimum Gasteiger partial charge on any atom is -0.360 e. The fraction of sp³-hybridized carbons (Fsp3) is 0.267. The number of hydrogen-bond donors (Lipinski definition) is 0. The number of hydrogen-bond acceptors (Lipinski definition) is 4. The molecule has 0 aliphatic carbocycles. The smallest absolute Gasteiger partial charge is 0.265 e. The van der Waals surface area contributed by atoms with Crippen LogP contribution >= 0.6 is 23.2 Å². The van der Waals surface area contributed by atoms with Gasteiger partial charge < -0.3 is 4.52 Å². The van der Waals surface area contributed by atoms with Crippen molar-refractivity contribution in [2.24, 2.45) is 4.99 Å². The van der Waals surface area contributed by atoms with Crippen LogP contribution in [0.2, 0.25) is 10.0 Å². The van der Waals surface area contributed by atoms with Crippen molar-refractivity contribution in [3.63, 3.8) is 0 Å². The van der Waals surface area contributed by atoms with Crippen LogP contribution in [0, 0.1) is 6.92 Å². The molecule has 1 amide bonds. The summed E-state index contributed by atoms with van der Waals surface area (Å²) in [5, 5.41) is 4.83. The van der Waals surface area contributed by atoms with E-state index < -0.39 is 0 Å². The first kappa shape index (κ1) is 15.1. The maximum Gasteiger partial charge on any atom is 0.265 e. The Labute approximate surface area is 137 Å². The van der Waals surface area contributed by atoms with Crippen molar-refractivity contribution < 1.29 is 9.32 Å². The third-order valence-electron chi connectivity index (χ3n) is 3.58. The van der Waals surface area contributed by atoms with Gasteiger partial charge in [-0.15, -0.1) is 0 Å². The molecule has 3 rings (SSSR count). The predicted octanol–water partition coefficient (Wildman–Crippen LogP) is 3.83. The highest BCUT2D eigenvalue weighted by atomic mass is 35.5. The summed E-state index contributed by atoms with van der Waals surface area (Å²) in [6.07, 6.45) is 0. The van der Waals surface area contributed by atoms with Gasteiger partial charge in [0.25, 0.3) is 5.91 Å². The average molecular weight is 338 g/mol. The first-order valence-corrected chi connectivity index (χ1v) is 7.50. The fourth-order valence-corrected chi connectivity index (χ4v) is 3.04. The number of aromatic nitrogens is 1. The van der Waals surface area contributed by atoms with Gasteiger partial charge in [-0.25, -0.2) is 0 Å². The third kappa shape index (κ3) is 2.40. The molecule has 1 aromatic carbocycles. The van der Waals surface area contributed by atoms with Crippen molar-refractivity contribution in [3.8, 4) is 11.3 Å². The average Bonchev–Trinajstić information content (AvgIpc) is 3.05. The summed E-state index contributed by atoms with van der Waals surface area (Å²) in [5.41, 5.74) is 1.23. The number of halogens is 2. The predicted molar refractivity (Wildman–Crippen MR) is 85.7 cm³/mol. The van der Waals surface area contributed by atoms with Gasteiger partial charge in [0.05, 0.1) is 16.6 Å². The maximum absolute atomic E-state index is 12.8. The Morgan fingerprint density at radius 2 is 1.95 bits per heavy atom. The van der Waals surface area contributed by atoms with Crippen LogP contribution in [0.1, 0.15) is 23.0 Å². The molecule has 7 heteroatoms. The summed E-state index contributed by atoms with van der Waals surface area (Å²) in [6.45, 7) is 4.64. The highest BCUT2D eigenvalue weighted by molar-refractivity contribution is 6.39.